The van der Waals surface area contributed by atoms with Crippen molar-refractivity contribution >= 4 is 11.9 Å². The van der Waals surface area contributed by atoms with E-state index in [1.807, 2.05) is 19.1 Å². The fourth-order valence-electron chi connectivity index (χ4n) is 4.44. The normalized spacial score (nSPS) is 23.4. The molecule has 0 bridgehead atoms. The number of rotatable bonds is 5. The molecule has 4 rings (SSSR count). The molecule has 2 aliphatic heterocycles. The average molecular weight is 394 g/mol. The van der Waals surface area contributed by atoms with Crippen molar-refractivity contribution in [1.29, 1.82) is 0 Å². The van der Waals surface area contributed by atoms with Gasteiger partial charge in [0.2, 0.25) is 5.91 Å². The van der Waals surface area contributed by atoms with Gasteiger partial charge in [-0.25, -0.2) is 4.79 Å². The summed E-state index contributed by atoms with van der Waals surface area (Å²) in [5.41, 5.74) is 3.26. The smallest absolute Gasteiger partial charge is 0.317 e. The number of carbonyl (C=O) groups excluding carboxylic acids is 2. The third-order valence-corrected chi connectivity index (χ3v) is 5.87. The number of piperazine rings is 1. The van der Waals surface area contributed by atoms with Gasteiger partial charge in [0.25, 0.3) is 0 Å². The molecule has 2 aliphatic rings. The second kappa shape index (κ2) is 8.21. The van der Waals surface area contributed by atoms with Gasteiger partial charge in [0.05, 0.1) is 18.7 Å². The molecule has 2 N–H and O–H groups in total. The van der Waals surface area contributed by atoms with Gasteiger partial charge >= 0.3 is 6.03 Å². The van der Waals surface area contributed by atoms with Crippen LogP contribution >= 0.6 is 0 Å². The highest BCUT2D eigenvalue weighted by Gasteiger charge is 2.54. The molecule has 2 aromatic rings. The van der Waals surface area contributed by atoms with E-state index in [9.17, 15) is 14.7 Å². The summed E-state index contributed by atoms with van der Waals surface area (Å²) in [7, 11) is 0. The molecule has 2 fully saturated rings. The molecule has 0 spiro atoms. The Morgan fingerprint density at radius 3 is 2.52 bits per heavy atom. The molecule has 7 heteroatoms. The Labute approximate surface area is 170 Å². The van der Waals surface area contributed by atoms with E-state index < -0.39 is 0 Å². The maximum Gasteiger partial charge on any atom is 0.317 e. The van der Waals surface area contributed by atoms with Crippen molar-refractivity contribution in [3.63, 3.8) is 0 Å². The van der Waals surface area contributed by atoms with E-state index >= 15 is 0 Å². The van der Waals surface area contributed by atoms with Crippen LogP contribution in [-0.2, 0) is 4.79 Å². The highest BCUT2D eigenvalue weighted by molar-refractivity contribution is 5.87. The highest BCUT2D eigenvalue weighted by Crippen LogP contribution is 2.43. The largest absolute Gasteiger partial charge is 0.394 e. The maximum atomic E-state index is 12.6. The van der Waals surface area contributed by atoms with Gasteiger partial charge < -0.3 is 20.2 Å². The third kappa shape index (κ3) is 3.58. The highest BCUT2D eigenvalue weighted by atomic mass is 16.3. The van der Waals surface area contributed by atoms with Gasteiger partial charge in [-0.2, -0.15) is 0 Å². The number of aromatic nitrogens is 1. The molecule has 7 nitrogen and oxygen atoms in total. The Hall–Kier alpha value is -2.93. The average Bonchev–Trinajstić information content (AvgIpc) is 2.74. The molecule has 2 saturated heterocycles. The molecule has 0 unspecified atom stereocenters. The Balaban J connectivity index is 1.53. The summed E-state index contributed by atoms with van der Waals surface area (Å²) in [6.07, 6.45) is 4.38. The molecule has 0 saturated carbocycles. The topological polar surface area (TPSA) is 85.8 Å². The van der Waals surface area contributed by atoms with E-state index in [-0.39, 0.29) is 43.1 Å². The molecule has 152 valence electrons. The Kier molecular flexibility index (Phi) is 5.49. The second-order valence-electron chi connectivity index (χ2n) is 7.61. The lowest BCUT2D eigenvalue weighted by Crippen LogP contribution is -2.73. The van der Waals surface area contributed by atoms with Gasteiger partial charge in [0.15, 0.2) is 0 Å². The first kappa shape index (κ1) is 19.4. The number of fused-ring (bicyclic) bond motifs is 1. The van der Waals surface area contributed by atoms with E-state index in [0.717, 1.165) is 23.1 Å². The molecular formula is C22H26N4O3. The number of pyridine rings is 1. The number of nitrogens with one attached hydrogen (secondary N) is 1. The molecular weight excluding hydrogens is 368 g/mol. The van der Waals surface area contributed by atoms with E-state index in [0.29, 0.717) is 13.1 Å². The molecule has 3 atom stereocenters. The first-order valence-corrected chi connectivity index (χ1v) is 10.1. The Bertz CT molecular complexity index is 871. The first-order chi connectivity index (χ1) is 14.1. The fraction of sp³-hybridized carbons (Fsp3) is 0.409. The molecule has 29 heavy (non-hydrogen) atoms. The van der Waals surface area contributed by atoms with Crippen LogP contribution in [-0.4, -0.2) is 70.2 Å². The molecule has 1 aromatic carbocycles. The summed E-state index contributed by atoms with van der Waals surface area (Å²) in [5, 5.41) is 12.8. The van der Waals surface area contributed by atoms with Gasteiger partial charge in [-0.15, -0.1) is 0 Å². The zero-order valence-electron chi connectivity index (χ0n) is 16.5. The van der Waals surface area contributed by atoms with Crippen LogP contribution in [0.5, 0.6) is 0 Å². The van der Waals surface area contributed by atoms with Crippen molar-refractivity contribution < 1.29 is 14.7 Å². The van der Waals surface area contributed by atoms with Crippen LogP contribution in [0.25, 0.3) is 11.1 Å². The van der Waals surface area contributed by atoms with Crippen LogP contribution in [0.1, 0.15) is 24.8 Å². The van der Waals surface area contributed by atoms with Crippen molar-refractivity contribution in [2.75, 3.05) is 26.2 Å². The number of benzene rings is 1. The SMILES string of the molecule is CCCNC(=O)N1CC(=O)N2[C@H](C1)[C@H](c1ccc(-c3ccncc3)cc1)[C@@H]2CO. The minimum atomic E-state index is -0.236. The summed E-state index contributed by atoms with van der Waals surface area (Å²) < 4.78 is 0. The van der Waals surface area contributed by atoms with Gasteiger partial charge in [0.1, 0.15) is 6.54 Å². The quantitative estimate of drug-likeness (QED) is 0.810. The van der Waals surface area contributed by atoms with Gasteiger partial charge in [0, 0.05) is 31.4 Å². The maximum absolute atomic E-state index is 12.6. The molecule has 3 amide bonds. The van der Waals surface area contributed by atoms with Crippen LogP contribution in [0.2, 0.25) is 0 Å². The number of hydrogen-bond acceptors (Lipinski definition) is 4. The number of aliphatic hydroxyl groups is 1. The van der Waals surface area contributed by atoms with E-state index in [1.54, 1.807) is 22.2 Å². The van der Waals surface area contributed by atoms with E-state index in [2.05, 4.69) is 34.6 Å². The van der Waals surface area contributed by atoms with Crippen molar-refractivity contribution in [2.45, 2.75) is 31.3 Å². The number of urea groups is 1. The van der Waals surface area contributed by atoms with E-state index in [4.69, 9.17) is 0 Å². The predicted octanol–water partition coefficient (Wildman–Crippen LogP) is 1.84. The summed E-state index contributed by atoms with van der Waals surface area (Å²) in [6, 6.07) is 11.6. The zero-order chi connectivity index (χ0) is 20.4. The van der Waals surface area contributed by atoms with Crippen LogP contribution in [0.4, 0.5) is 4.79 Å². The number of nitrogens with zero attached hydrogens (tertiary/aromatic N) is 3. The van der Waals surface area contributed by atoms with Crippen molar-refractivity contribution in [2.24, 2.45) is 0 Å². The van der Waals surface area contributed by atoms with Gasteiger partial charge in [-0.05, 0) is 35.2 Å². The number of amides is 3. The van der Waals surface area contributed by atoms with Crippen LogP contribution in [0.3, 0.4) is 0 Å². The van der Waals surface area contributed by atoms with Crippen molar-refractivity contribution in [1.82, 2.24) is 20.1 Å². The minimum absolute atomic E-state index is 0.0113. The number of carbonyl (C=O) groups is 2. The summed E-state index contributed by atoms with van der Waals surface area (Å²) in [4.78, 5) is 32.4. The monoisotopic (exact) mass is 394 g/mol. The number of aliphatic hydroxyl groups excluding tert-OH is 1. The zero-order valence-corrected chi connectivity index (χ0v) is 16.5. The fourth-order valence-corrected chi connectivity index (χ4v) is 4.44. The lowest BCUT2D eigenvalue weighted by molar-refractivity contribution is -0.159. The number of hydrogen-bond donors (Lipinski definition) is 2. The second-order valence-corrected chi connectivity index (χ2v) is 7.61. The summed E-state index contributed by atoms with van der Waals surface area (Å²) in [6.45, 7) is 3.05. The van der Waals surface area contributed by atoms with Gasteiger partial charge in [-0.1, -0.05) is 31.2 Å². The molecule has 3 heterocycles. The van der Waals surface area contributed by atoms with Crippen molar-refractivity contribution in [3.8, 4) is 11.1 Å². The molecule has 0 radical (unpaired) electrons. The lowest BCUT2D eigenvalue weighted by atomic mass is 9.73. The third-order valence-electron chi connectivity index (χ3n) is 5.87. The standard InChI is InChI=1S/C22H26N4O3/c1-2-9-24-22(29)25-12-18-21(19(14-27)26(18)20(28)13-25)17-5-3-15(4-6-17)16-7-10-23-11-8-16/h3-8,10-11,18-19,21,27H,2,9,12-14H2,1H3,(H,24,29)/t18-,19+,21+/m1/s1. The Morgan fingerprint density at radius 2 is 1.86 bits per heavy atom. The van der Waals surface area contributed by atoms with Crippen LogP contribution in [0, 0.1) is 0 Å². The van der Waals surface area contributed by atoms with Gasteiger partial charge in [-0.3, -0.25) is 9.78 Å². The summed E-state index contributed by atoms with van der Waals surface area (Å²) in [5.74, 6) is -0.0891. The Morgan fingerprint density at radius 1 is 1.17 bits per heavy atom. The van der Waals surface area contributed by atoms with Crippen LogP contribution < -0.4 is 5.32 Å². The predicted molar refractivity (Wildman–Crippen MR) is 109 cm³/mol. The van der Waals surface area contributed by atoms with Crippen LogP contribution in [0.15, 0.2) is 48.8 Å². The lowest BCUT2D eigenvalue weighted by Gasteiger charge is -2.58. The molecule has 1 aromatic heterocycles. The summed E-state index contributed by atoms with van der Waals surface area (Å²) >= 11 is 0. The molecule has 0 aliphatic carbocycles. The first-order valence-electron chi connectivity index (χ1n) is 10.1. The van der Waals surface area contributed by atoms with Crippen molar-refractivity contribution in [3.05, 3.63) is 54.4 Å². The minimum Gasteiger partial charge on any atom is -0.394 e. The van der Waals surface area contributed by atoms with E-state index in [1.165, 1.54) is 0 Å².